The molecule has 2 rings (SSSR count). The SMILES string of the molecule is CCOC(=O)[C@@]1(CCc2ccc(S(C)(=O)=O)cc2[N+](=O)[O-])CCCCC1=O. The summed E-state index contributed by atoms with van der Waals surface area (Å²) in [4.78, 5) is 35.6. The molecule has 1 aliphatic carbocycles. The third-order valence-corrected chi connectivity index (χ3v) is 6.07. The second kappa shape index (κ2) is 8.16. The maximum absolute atomic E-state index is 12.5. The minimum Gasteiger partial charge on any atom is -0.465 e. The Hall–Kier alpha value is -2.29. The fourth-order valence-electron chi connectivity index (χ4n) is 3.45. The van der Waals surface area contributed by atoms with Gasteiger partial charge in [0.2, 0.25) is 0 Å². The lowest BCUT2D eigenvalue weighted by atomic mass is 9.69. The van der Waals surface area contributed by atoms with Crippen LogP contribution < -0.4 is 0 Å². The van der Waals surface area contributed by atoms with Crippen LogP contribution in [0.25, 0.3) is 0 Å². The Morgan fingerprint density at radius 1 is 1.33 bits per heavy atom. The summed E-state index contributed by atoms with van der Waals surface area (Å²) in [6, 6.07) is 3.70. The number of nitro benzene ring substituents is 1. The number of rotatable bonds is 7. The van der Waals surface area contributed by atoms with Gasteiger partial charge in [-0.1, -0.05) is 12.5 Å². The number of hydrogen-bond acceptors (Lipinski definition) is 7. The summed E-state index contributed by atoms with van der Waals surface area (Å²) < 4.78 is 28.4. The van der Waals surface area contributed by atoms with Crippen molar-refractivity contribution in [3.8, 4) is 0 Å². The van der Waals surface area contributed by atoms with Gasteiger partial charge in [0, 0.05) is 24.3 Å². The third kappa shape index (κ3) is 4.52. The number of benzene rings is 1. The Bertz CT molecular complexity index is 862. The van der Waals surface area contributed by atoms with Crippen LogP contribution in [0.15, 0.2) is 23.1 Å². The molecule has 0 bridgehead atoms. The van der Waals surface area contributed by atoms with E-state index in [9.17, 15) is 28.1 Å². The number of sulfone groups is 1. The van der Waals surface area contributed by atoms with E-state index in [4.69, 9.17) is 4.74 Å². The largest absolute Gasteiger partial charge is 0.465 e. The maximum atomic E-state index is 12.5. The molecule has 27 heavy (non-hydrogen) atoms. The summed E-state index contributed by atoms with van der Waals surface area (Å²) in [5, 5.41) is 11.4. The number of ketones is 1. The van der Waals surface area contributed by atoms with Gasteiger partial charge in [0.1, 0.15) is 11.2 Å². The number of ether oxygens (including phenoxy) is 1. The van der Waals surface area contributed by atoms with E-state index in [1.165, 1.54) is 12.1 Å². The van der Waals surface area contributed by atoms with Gasteiger partial charge in [-0.2, -0.15) is 0 Å². The molecule has 1 aromatic carbocycles. The first kappa shape index (κ1) is 21.0. The van der Waals surface area contributed by atoms with E-state index >= 15 is 0 Å². The van der Waals surface area contributed by atoms with Crippen molar-refractivity contribution in [2.24, 2.45) is 5.41 Å². The molecule has 0 heterocycles. The molecule has 0 radical (unpaired) electrons. The van der Waals surface area contributed by atoms with E-state index in [1.54, 1.807) is 6.92 Å². The lowest BCUT2D eigenvalue weighted by molar-refractivity contribution is -0.385. The zero-order valence-electron chi connectivity index (χ0n) is 15.4. The molecule has 9 heteroatoms. The third-order valence-electron chi connectivity index (χ3n) is 4.96. The lowest BCUT2D eigenvalue weighted by Crippen LogP contribution is -2.43. The van der Waals surface area contributed by atoms with Crippen molar-refractivity contribution < 1.29 is 27.7 Å². The molecule has 148 valence electrons. The highest BCUT2D eigenvalue weighted by Gasteiger charge is 2.47. The standard InChI is InChI=1S/C18H23NO7S/c1-3-26-17(21)18(10-5-4-6-16(18)20)11-9-13-7-8-14(27(2,24)25)12-15(13)19(22)23/h7-8,12H,3-6,9-11H2,1-2H3/t18-/m1/s1. The van der Waals surface area contributed by atoms with Crippen molar-refractivity contribution in [3.05, 3.63) is 33.9 Å². The summed E-state index contributed by atoms with van der Waals surface area (Å²) in [5.74, 6) is -0.771. The molecule has 8 nitrogen and oxygen atoms in total. The number of nitro groups is 1. The van der Waals surface area contributed by atoms with Crippen molar-refractivity contribution in [2.75, 3.05) is 12.9 Å². The summed E-state index contributed by atoms with van der Waals surface area (Å²) in [7, 11) is -3.59. The van der Waals surface area contributed by atoms with Crippen LogP contribution in [0.1, 0.15) is 44.6 Å². The fraction of sp³-hybridized carbons (Fsp3) is 0.556. The summed E-state index contributed by atoms with van der Waals surface area (Å²) in [6.07, 6.45) is 3.24. The Balaban J connectivity index is 2.35. The monoisotopic (exact) mass is 397 g/mol. The maximum Gasteiger partial charge on any atom is 0.319 e. The number of hydrogen-bond donors (Lipinski definition) is 0. The zero-order valence-corrected chi connectivity index (χ0v) is 16.2. The molecule has 1 atom stereocenters. The first-order valence-corrected chi connectivity index (χ1v) is 10.7. The summed E-state index contributed by atoms with van der Waals surface area (Å²) in [6.45, 7) is 1.81. The lowest BCUT2D eigenvalue weighted by Gasteiger charge is -2.33. The topological polar surface area (TPSA) is 121 Å². The van der Waals surface area contributed by atoms with Crippen molar-refractivity contribution in [1.82, 2.24) is 0 Å². The summed E-state index contributed by atoms with van der Waals surface area (Å²) >= 11 is 0. The molecule has 0 aliphatic heterocycles. The van der Waals surface area contributed by atoms with E-state index in [-0.39, 0.29) is 47.8 Å². The normalized spacial score (nSPS) is 20.3. The van der Waals surface area contributed by atoms with Gasteiger partial charge in [0.15, 0.2) is 9.84 Å². The Labute approximate surface area is 158 Å². The van der Waals surface area contributed by atoms with Crippen LogP contribution in [0.3, 0.4) is 0 Å². The molecule has 0 aromatic heterocycles. The van der Waals surface area contributed by atoms with E-state index in [0.717, 1.165) is 12.3 Å². The average molecular weight is 397 g/mol. The molecule has 1 aromatic rings. The van der Waals surface area contributed by atoms with Crippen molar-refractivity contribution >= 4 is 27.3 Å². The minimum absolute atomic E-state index is 0.101. The second-order valence-electron chi connectivity index (χ2n) is 6.75. The predicted octanol–water partition coefficient (Wildman–Crippen LogP) is 2.62. The number of carbonyl (C=O) groups excluding carboxylic acids is 2. The van der Waals surface area contributed by atoms with E-state index < -0.39 is 26.1 Å². The molecular formula is C18H23NO7S. The van der Waals surface area contributed by atoms with Gasteiger partial charge in [-0.15, -0.1) is 0 Å². The highest BCUT2D eigenvalue weighted by molar-refractivity contribution is 7.90. The average Bonchev–Trinajstić information content (AvgIpc) is 2.60. The fourth-order valence-corrected chi connectivity index (χ4v) is 4.09. The van der Waals surface area contributed by atoms with Crippen LogP contribution in [-0.2, 0) is 30.6 Å². The van der Waals surface area contributed by atoms with E-state index in [2.05, 4.69) is 0 Å². The van der Waals surface area contributed by atoms with Gasteiger partial charge in [-0.3, -0.25) is 19.7 Å². The molecule has 0 amide bonds. The van der Waals surface area contributed by atoms with Crippen LogP contribution in [0.4, 0.5) is 5.69 Å². The van der Waals surface area contributed by atoms with Gasteiger partial charge in [-0.05, 0) is 38.7 Å². The van der Waals surface area contributed by atoms with Gasteiger partial charge in [-0.25, -0.2) is 8.42 Å². The zero-order chi connectivity index (χ0) is 20.2. The molecular weight excluding hydrogens is 374 g/mol. The van der Waals surface area contributed by atoms with Gasteiger partial charge in [0.05, 0.1) is 16.4 Å². The highest BCUT2D eigenvalue weighted by Crippen LogP contribution is 2.39. The quantitative estimate of drug-likeness (QED) is 0.300. The Kier molecular flexibility index (Phi) is 6.35. The molecule has 1 fully saturated rings. The first-order valence-electron chi connectivity index (χ1n) is 8.79. The molecule has 1 saturated carbocycles. The number of esters is 1. The molecule has 1 aliphatic rings. The Morgan fingerprint density at radius 2 is 2.04 bits per heavy atom. The van der Waals surface area contributed by atoms with Crippen LogP contribution in [0.5, 0.6) is 0 Å². The van der Waals surface area contributed by atoms with Gasteiger partial charge in [0.25, 0.3) is 5.69 Å². The van der Waals surface area contributed by atoms with Gasteiger partial charge < -0.3 is 4.74 Å². The number of aryl methyl sites for hydroxylation is 1. The molecule has 0 saturated heterocycles. The van der Waals surface area contributed by atoms with Crippen LogP contribution >= 0.6 is 0 Å². The van der Waals surface area contributed by atoms with Crippen LogP contribution in [0, 0.1) is 15.5 Å². The number of carbonyl (C=O) groups is 2. The van der Waals surface area contributed by atoms with Crippen molar-refractivity contribution in [1.29, 1.82) is 0 Å². The summed E-state index contributed by atoms with van der Waals surface area (Å²) in [5.41, 5.74) is -1.33. The van der Waals surface area contributed by atoms with E-state index in [0.29, 0.717) is 19.3 Å². The van der Waals surface area contributed by atoms with Crippen molar-refractivity contribution in [3.63, 3.8) is 0 Å². The Morgan fingerprint density at radius 3 is 2.59 bits per heavy atom. The molecule has 0 unspecified atom stereocenters. The van der Waals surface area contributed by atoms with Crippen LogP contribution in [-0.4, -0.2) is 38.0 Å². The number of Topliss-reactive ketones (excluding diaryl/α,β-unsaturated/α-hetero) is 1. The smallest absolute Gasteiger partial charge is 0.319 e. The van der Waals surface area contributed by atoms with E-state index in [1.807, 2.05) is 0 Å². The minimum atomic E-state index is -3.59. The number of nitrogens with zero attached hydrogens (tertiary/aromatic N) is 1. The predicted molar refractivity (Wildman–Crippen MR) is 97.1 cm³/mol. The van der Waals surface area contributed by atoms with Gasteiger partial charge >= 0.3 is 5.97 Å². The van der Waals surface area contributed by atoms with Crippen LogP contribution in [0.2, 0.25) is 0 Å². The highest BCUT2D eigenvalue weighted by atomic mass is 32.2. The first-order chi connectivity index (χ1) is 12.6. The second-order valence-corrected chi connectivity index (χ2v) is 8.77. The molecule has 0 N–H and O–H groups in total. The van der Waals surface area contributed by atoms with Crippen molar-refractivity contribution in [2.45, 2.75) is 50.3 Å². The molecule has 0 spiro atoms.